The van der Waals surface area contributed by atoms with Crippen molar-refractivity contribution in [3.05, 3.63) is 84.6 Å². The first-order valence-electron chi connectivity index (χ1n) is 12.5. The lowest BCUT2D eigenvalue weighted by Gasteiger charge is -2.36. The average molecular weight is 520 g/mol. The van der Waals surface area contributed by atoms with E-state index in [4.69, 9.17) is 4.98 Å². The third-order valence-electron chi connectivity index (χ3n) is 6.88. The van der Waals surface area contributed by atoms with Gasteiger partial charge in [-0.1, -0.05) is 30.3 Å². The number of aliphatic hydroxyl groups is 1. The molecule has 0 saturated carbocycles. The van der Waals surface area contributed by atoms with Gasteiger partial charge in [-0.05, 0) is 17.7 Å². The monoisotopic (exact) mass is 519 g/mol. The fourth-order valence-electron chi connectivity index (χ4n) is 4.80. The molecule has 5 aromatic rings. The zero-order valence-electron chi connectivity index (χ0n) is 21.2. The van der Waals surface area contributed by atoms with Crippen molar-refractivity contribution < 1.29 is 9.90 Å². The maximum atomic E-state index is 12.8. The van der Waals surface area contributed by atoms with Crippen LogP contribution in [0.1, 0.15) is 17.4 Å². The summed E-state index contributed by atoms with van der Waals surface area (Å²) in [5.74, 6) is 1.05. The molecule has 1 aliphatic heterocycles. The van der Waals surface area contributed by atoms with Crippen LogP contribution in [0.4, 0.5) is 5.82 Å². The number of fused-ring (bicyclic) bond motifs is 1. The van der Waals surface area contributed by atoms with Crippen LogP contribution < -0.4 is 4.90 Å². The number of aromatic nitrogens is 6. The van der Waals surface area contributed by atoms with E-state index in [0.717, 1.165) is 16.9 Å². The second-order valence-corrected chi connectivity index (χ2v) is 9.35. The Morgan fingerprint density at radius 2 is 1.79 bits per heavy atom. The van der Waals surface area contributed by atoms with Crippen LogP contribution in [0.3, 0.4) is 0 Å². The van der Waals surface area contributed by atoms with Gasteiger partial charge >= 0.3 is 0 Å². The number of pyridine rings is 1. The van der Waals surface area contributed by atoms with Crippen LogP contribution in [0.15, 0.2) is 73.3 Å². The highest BCUT2D eigenvalue weighted by atomic mass is 16.3. The van der Waals surface area contributed by atoms with Crippen molar-refractivity contribution in [2.45, 2.75) is 6.10 Å². The lowest BCUT2D eigenvalue weighted by atomic mass is 10.1. The SMILES string of the molecule is Cn1cc(-c2cc3ncc(C#N)n3c(-c3ccc(N4CCN(C(=O)[C@H](O)c5ccccc5)CC4)nc3)n2)cn1. The number of carbonyl (C=O) groups is 1. The van der Waals surface area contributed by atoms with Crippen LogP contribution in [0.25, 0.3) is 28.3 Å². The van der Waals surface area contributed by atoms with Gasteiger partial charge in [-0.25, -0.2) is 15.0 Å². The van der Waals surface area contributed by atoms with Crippen molar-refractivity contribution in [1.82, 2.24) is 34.0 Å². The molecule has 4 aromatic heterocycles. The summed E-state index contributed by atoms with van der Waals surface area (Å²) in [4.78, 5) is 30.5. The first kappa shape index (κ1) is 24.3. The van der Waals surface area contributed by atoms with E-state index in [9.17, 15) is 15.2 Å². The number of amides is 1. The molecule has 11 nitrogen and oxygen atoms in total. The average Bonchev–Trinajstić information content (AvgIpc) is 3.62. The van der Waals surface area contributed by atoms with Crippen molar-refractivity contribution in [2.75, 3.05) is 31.1 Å². The number of aliphatic hydroxyl groups excluding tert-OH is 1. The molecule has 1 aromatic carbocycles. The van der Waals surface area contributed by atoms with Crippen molar-refractivity contribution in [2.24, 2.45) is 7.05 Å². The molecule has 0 unspecified atom stereocenters. The molecule has 0 radical (unpaired) electrons. The molecule has 0 bridgehead atoms. The second-order valence-electron chi connectivity index (χ2n) is 9.35. The lowest BCUT2D eigenvalue weighted by Crippen LogP contribution is -2.50. The summed E-state index contributed by atoms with van der Waals surface area (Å²) in [6, 6.07) is 16.8. The molecule has 0 spiro atoms. The topological polar surface area (TPSA) is 128 Å². The van der Waals surface area contributed by atoms with Gasteiger partial charge in [-0.15, -0.1) is 0 Å². The molecule has 1 fully saturated rings. The van der Waals surface area contributed by atoms with Gasteiger partial charge in [0, 0.05) is 62.8 Å². The first-order valence-corrected chi connectivity index (χ1v) is 12.5. The van der Waals surface area contributed by atoms with Gasteiger partial charge in [0.15, 0.2) is 6.10 Å². The first-order chi connectivity index (χ1) is 19.0. The molecular formula is C28H25N9O2. The number of aryl methyl sites for hydroxylation is 1. The number of nitriles is 1. The Hall–Kier alpha value is -5.08. The Kier molecular flexibility index (Phi) is 6.22. The summed E-state index contributed by atoms with van der Waals surface area (Å²) in [6.07, 6.45) is 5.72. The number of rotatable bonds is 5. The Balaban J connectivity index is 1.22. The summed E-state index contributed by atoms with van der Waals surface area (Å²) in [5, 5.41) is 24.4. The van der Waals surface area contributed by atoms with Crippen LogP contribution in [-0.4, -0.2) is 71.2 Å². The zero-order chi connectivity index (χ0) is 26.9. The smallest absolute Gasteiger partial charge is 0.256 e. The number of hydrogen-bond donors (Lipinski definition) is 1. The normalized spacial score (nSPS) is 14.4. The highest BCUT2D eigenvalue weighted by Crippen LogP contribution is 2.27. The van der Waals surface area contributed by atoms with E-state index in [0.29, 0.717) is 54.6 Å². The highest BCUT2D eigenvalue weighted by molar-refractivity contribution is 5.82. The summed E-state index contributed by atoms with van der Waals surface area (Å²) < 4.78 is 3.43. The molecule has 1 saturated heterocycles. The molecule has 1 atom stereocenters. The quantitative estimate of drug-likeness (QED) is 0.375. The number of carbonyl (C=O) groups excluding carboxylic acids is 1. The number of piperazine rings is 1. The van der Waals surface area contributed by atoms with Gasteiger partial charge in [0.2, 0.25) is 0 Å². The fraction of sp³-hybridized carbons (Fsp3) is 0.214. The summed E-state index contributed by atoms with van der Waals surface area (Å²) in [7, 11) is 1.84. The molecular weight excluding hydrogens is 494 g/mol. The van der Waals surface area contributed by atoms with Crippen LogP contribution >= 0.6 is 0 Å². The zero-order valence-corrected chi connectivity index (χ0v) is 21.2. The number of nitrogens with zero attached hydrogens (tertiary/aromatic N) is 9. The molecule has 5 heterocycles. The van der Waals surface area contributed by atoms with Crippen LogP contribution in [0.5, 0.6) is 0 Å². The molecule has 11 heteroatoms. The van der Waals surface area contributed by atoms with E-state index < -0.39 is 6.10 Å². The van der Waals surface area contributed by atoms with Crippen molar-refractivity contribution in [1.29, 1.82) is 5.26 Å². The molecule has 1 aliphatic rings. The Morgan fingerprint density at radius 3 is 2.46 bits per heavy atom. The summed E-state index contributed by atoms with van der Waals surface area (Å²) in [5.41, 5.74) is 3.87. The van der Waals surface area contributed by atoms with Gasteiger partial charge in [0.25, 0.3) is 5.91 Å². The second kappa shape index (κ2) is 10.00. The van der Waals surface area contributed by atoms with Crippen molar-refractivity contribution in [3.63, 3.8) is 0 Å². The van der Waals surface area contributed by atoms with Gasteiger partial charge in [-0.3, -0.25) is 13.9 Å². The van der Waals surface area contributed by atoms with E-state index in [1.54, 1.807) is 38.5 Å². The van der Waals surface area contributed by atoms with Gasteiger partial charge in [0.05, 0.1) is 18.1 Å². The van der Waals surface area contributed by atoms with Crippen LogP contribution in [0, 0.1) is 11.3 Å². The maximum absolute atomic E-state index is 12.8. The predicted octanol–water partition coefficient (Wildman–Crippen LogP) is 2.45. The molecule has 194 valence electrons. The minimum atomic E-state index is -1.16. The van der Waals surface area contributed by atoms with E-state index in [2.05, 4.69) is 26.0 Å². The lowest BCUT2D eigenvalue weighted by molar-refractivity contribution is -0.140. The number of hydrogen-bond acceptors (Lipinski definition) is 8. The number of imidazole rings is 1. The maximum Gasteiger partial charge on any atom is 0.256 e. The fourth-order valence-corrected chi connectivity index (χ4v) is 4.80. The van der Waals surface area contributed by atoms with Crippen LogP contribution in [-0.2, 0) is 11.8 Å². The molecule has 1 amide bonds. The summed E-state index contributed by atoms with van der Waals surface area (Å²) >= 11 is 0. The van der Waals surface area contributed by atoms with Crippen LogP contribution in [0.2, 0.25) is 0 Å². The number of anilines is 1. The highest BCUT2D eigenvalue weighted by Gasteiger charge is 2.27. The molecule has 0 aliphatic carbocycles. The van der Waals surface area contributed by atoms with Gasteiger partial charge in [0.1, 0.15) is 29.1 Å². The van der Waals surface area contributed by atoms with E-state index in [-0.39, 0.29) is 5.91 Å². The molecule has 39 heavy (non-hydrogen) atoms. The Morgan fingerprint density at radius 1 is 1.00 bits per heavy atom. The largest absolute Gasteiger partial charge is 0.378 e. The van der Waals surface area contributed by atoms with Crippen molar-refractivity contribution in [3.8, 4) is 28.7 Å². The number of benzene rings is 1. The molecule has 1 N–H and O–H groups in total. The predicted molar refractivity (Wildman–Crippen MR) is 143 cm³/mol. The van der Waals surface area contributed by atoms with Gasteiger partial charge < -0.3 is 14.9 Å². The third kappa shape index (κ3) is 4.58. The van der Waals surface area contributed by atoms with E-state index in [1.165, 1.54) is 6.20 Å². The third-order valence-corrected chi connectivity index (χ3v) is 6.88. The summed E-state index contributed by atoms with van der Waals surface area (Å²) in [6.45, 7) is 2.17. The van der Waals surface area contributed by atoms with E-state index >= 15 is 0 Å². The van der Waals surface area contributed by atoms with E-state index in [1.807, 2.05) is 49.6 Å². The van der Waals surface area contributed by atoms with Gasteiger partial charge in [-0.2, -0.15) is 10.4 Å². The molecule has 6 rings (SSSR count). The van der Waals surface area contributed by atoms with Crippen molar-refractivity contribution >= 4 is 17.4 Å². The minimum absolute atomic E-state index is 0.290. The standard InChI is InChI=1S/C28H25N9O2/c1-34-18-21(16-32-34)23-13-25-31-17-22(14-29)37(25)27(33-23)20-7-8-24(30-15-20)35-9-11-36(12-10-35)28(39)26(38)19-5-3-2-4-6-19/h2-8,13,15-18,26,38H,9-12H2,1H3/t26-/m1/s1. The Labute approximate surface area is 224 Å². The minimum Gasteiger partial charge on any atom is -0.378 e. The Bertz CT molecular complexity index is 1680.